The Kier molecular flexibility index (Phi) is 9.22. The summed E-state index contributed by atoms with van der Waals surface area (Å²) >= 11 is 0. The van der Waals surface area contributed by atoms with Crippen LogP contribution in [-0.2, 0) is 6.54 Å². The molecule has 1 saturated heterocycles. The smallest absolute Gasteiger partial charge is 0.262 e. The van der Waals surface area contributed by atoms with E-state index in [2.05, 4.69) is 114 Å². The molecular weight excluding hydrogens is 661 g/mol. The predicted octanol–water partition coefficient (Wildman–Crippen LogP) is 0.990. The minimum Gasteiger partial charge on any atom is -0.416 e. The predicted molar refractivity (Wildman–Crippen MR) is 180 cm³/mol. The number of hydrogen-bond donors (Lipinski definition) is 0. The highest BCUT2D eigenvalue weighted by molar-refractivity contribution is 8.01. The Balaban J connectivity index is 0.000000707. The quantitative estimate of drug-likeness (QED) is 0.235. The molecule has 8 rings (SSSR count). The van der Waals surface area contributed by atoms with E-state index in [1.54, 1.807) is 6.07 Å². The highest BCUT2D eigenvalue weighted by atomic mass is 35.7. The van der Waals surface area contributed by atoms with Gasteiger partial charge in [0.05, 0.1) is 0 Å². The van der Waals surface area contributed by atoms with Crippen LogP contribution in [0.25, 0.3) is 11.5 Å². The van der Waals surface area contributed by atoms with Gasteiger partial charge < -0.3 is 13.9 Å². The highest BCUT2D eigenvalue weighted by Gasteiger charge is 2.54. The summed E-state index contributed by atoms with van der Waals surface area (Å²) in [4.78, 5) is 20.7. The molecule has 2 bridgehead atoms. The molecule has 1 unspecified atom stereocenters. The van der Waals surface area contributed by atoms with Gasteiger partial charge in [0.2, 0.25) is 5.89 Å². The van der Waals surface area contributed by atoms with Crippen molar-refractivity contribution >= 4 is 34.5 Å². The lowest BCUT2D eigenvalue weighted by Crippen LogP contribution is -2.68. The van der Waals surface area contributed by atoms with Gasteiger partial charge in [-0.3, -0.25) is 4.79 Å². The normalized spacial score (nSPS) is 17.1. The van der Waals surface area contributed by atoms with Gasteiger partial charge in [0.1, 0.15) is 15.9 Å². The van der Waals surface area contributed by atoms with E-state index >= 15 is 0 Å². The molecule has 2 aliphatic rings. The van der Waals surface area contributed by atoms with Crippen LogP contribution in [0.1, 0.15) is 18.0 Å². The maximum absolute atomic E-state index is 12.8. The van der Waals surface area contributed by atoms with Crippen LogP contribution in [0.5, 0.6) is 0 Å². The van der Waals surface area contributed by atoms with Crippen LogP contribution in [0.15, 0.2) is 149 Å². The molecule has 0 aliphatic carbocycles. The third-order valence-corrected chi connectivity index (χ3v) is 13.3. The number of oxazole rings is 1. The van der Waals surface area contributed by atoms with E-state index in [1.165, 1.54) is 15.9 Å². The number of hydrogen-bond acceptors (Lipinski definition) is 8. The van der Waals surface area contributed by atoms with Gasteiger partial charge in [-0.05, 0) is 66.9 Å². The average molecular weight is 694 g/mol. The molecule has 0 spiro atoms. The first-order chi connectivity index (χ1) is 23.7. The summed E-state index contributed by atoms with van der Waals surface area (Å²) in [5.74, 6) is 2.06. The molecule has 0 saturated carbocycles. The standard InChI is InChI=1S/C38H33N3O2P.ClHO4/c42-35-23-13-22-34-30-24-28(26-41(34)35)25-40(27-30)38-37(39-36(43-38)29-14-5-1-6-15-29)44(31-16-7-2-8-17-31,32-18-9-3-10-19-32)33-20-11-4-12-21-33;2-1(3,4)5/h1-23,28,30H,24-27H2;(H,2,3,4,5)/q+1;/p-1/t28?,30-;/m0./s1. The molecule has 0 amide bonds. The van der Waals surface area contributed by atoms with Crippen LogP contribution < -0.4 is 50.4 Å². The lowest BCUT2D eigenvalue weighted by atomic mass is 9.83. The lowest BCUT2D eigenvalue weighted by molar-refractivity contribution is -2.00. The van der Waals surface area contributed by atoms with Crippen LogP contribution in [0.2, 0.25) is 0 Å². The Labute approximate surface area is 286 Å². The first-order valence-corrected chi connectivity index (χ1v) is 18.9. The lowest BCUT2D eigenvalue weighted by Gasteiger charge is -2.42. The van der Waals surface area contributed by atoms with Crippen molar-refractivity contribution in [2.75, 3.05) is 18.0 Å². The second-order valence-corrected chi connectivity index (χ2v) is 16.2. The van der Waals surface area contributed by atoms with E-state index in [0.29, 0.717) is 11.8 Å². The number of piperidine rings is 1. The molecule has 248 valence electrons. The molecule has 6 aromatic rings. The SMILES string of the molecule is O=c1cccc2n1CC1C[C@H]2CN(c2oc(-c3ccccc3)nc2[P+](c2ccccc2)(c2ccccc2)c2ccccc2)C1.[O-][Cl+3]([O-])([O-])[O-]. The molecule has 4 heterocycles. The zero-order valence-electron chi connectivity index (χ0n) is 26.4. The van der Waals surface area contributed by atoms with Crippen molar-refractivity contribution in [3.05, 3.63) is 156 Å². The summed E-state index contributed by atoms with van der Waals surface area (Å²) in [6.45, 7) is 2.31. The summed E-state index contributed by atoms with van der Waals surface area (Å²) in [6, 6.07) is 48.5. The summed E-state index contributed by atoms with van der Waals surface area (Å²) < 4.78 is 42.9. The minimum absolute atomic E-state index is 0.0968. The second-order valence-electron chi connectivity index (χ2n) is 12.2. The van der Waals surface area contributed by atoms with Crippen molar-refractivity contribution in [1.82, 2.24) is 9.55 Å². The molecule has 11 heteroatoms. The molecule has 0 N–H and O–H groups in total. The van der Waals surface area contributed by atoms with Gasteiger partial charge in [-0.25, -0.2) is 18.6 Å². The van der Waals surface area contributed by atoms with E-state index in [1.807, 2.05) is 28.8 Å². The summed E-state index contributed by atoms with van der Waals surface area (Å²) in [5, 5.41) is 3.71. The van der Waals surface area contributed by atoms with Gasteiger partial charge in [-0.15, -0.1) is 10.2 Å². The first kappa shape index (κ1) is 32.9. The topological polar surface area (TPSA) is 144 Å². The third-order valence-electron chi connectivity index (χ3n) is 9.13. The molecule has 49 heavy (non-hydrogen) atoms. The number of halogens is 1. The van der Waals surface area contributed by atoms with E-state index in [4.69, 9.17) is 28.0 Å². The van der Waals surface area contributed by atoms with E-state index in [-0.39, 0.29) is 11.5 Å². The third kappa shape index (κ3) is 6.70. The number of anilines is 1. The van der Waals surface area contributed by atoms with Crippen LogP contribution in [0.4, 0.5) is 5.88 Å². The number of aromatic nitrogens is 2. The molecule has 2 aliphatic heterocycles. The highest BCUT2D eigenvalue weighted by Crippen LogP contribution is 2.56. The van der Waals surface area contributed by atoms with Gasteiger partial charge in [0.25, 0.3) is 16.9 Å². The largest absolute Gasteiger partial charge is 0.416 e. The summed E-state index contributed by atoms with van der Waals surface area (Å²) in [7, 11) is -7.46. The fourth-order valence-electron chi connectivity index (χ4n) is 7.26. The van der Waals surface area contributed by atoms with Crippen molar-refractivity contribution in [3.63, 3.8) is 0 Å². The Morgan fingerprint density at radius 3 is 1.69 bits per heavy atom. The van der Waals surface area contributed by atoms with Crippen molar-refractivity contribution in [2.24, 2.45) is 5.92 Å². The van der Waals surface area contributed by atoms with Crippen molar-refractivity contribution in [1.29, 1.82) is 0 Å². The van der Waals surface area contributed by atoms with E-state index in [0.717, 1.165) is 48.6 Å². The summed E-state index contributed by atoms with van der Waals surface area (Å²) in [6.07, 6.45) is 1.07. The number of nitrogens with zero attached hydrogens (tertiary/aromatic N) is 3. The first-order valence-electron chi connectivity index (χ1n) is 15.9. The fraction of sp³-hybridized carbons (Fsp3) is 0.158. The van der Waals surface area contributed by atoms with Crippen molar-refractivity contribution in [3.8, 4) is 11.5 Å². The minimum atomic E-state index is -4.94. The van der Waals surface area contributed by atoms with E-state index < -0.39 is 17.5 Å². The van der Waals surface area contributed by atoms with E-state index in [9.17, 15) is 4.79 Å². The number of pyridine rings is 1. The number of rotatable bonds is 6. The van der Waals surface area contributed by atoms with Gasteiger partial charge in [-0.2, -0.15) is 4.98 Å². The Morgan fingerprint density at radius 2 is 1.16 bits per heavy atom. The summed E-state index contributed by atoms with van der Waals surface area (Å²) in [5.41, 5.74) is 3.17. The zero-order chi connectivity index (χ0) is 34.0. The fourth-order valence-corrected chi connectivity index (χ4v) is 11.5. The molecule has 4 aromatic carbocycles. The van der Waals surface area contributed by atoms with Gasteiger partial charge in [0.15, 0.2) is 7.26 Å². The van der Waals surface area contributed by atoms with Gasteiger partial charge in [0, 0.05) is 42.9 Å². The van der Waals surface area contributed by atoms with Gasteiger partial charge >= 0.3 is 0 Å². The van der Waals surface area contributed by atoms with Crippen LogP contribution in [0, 0.1) is 16.2 Å². The van der Waals surface area contributed by atoms with Crippen molar-refractivity contribution in [2.45, 2.75) is 18.9 Å². The Hall–Kier alpha value is -4.60. The maximum Gasteiger partial charge on any atom is 0.262 e. The Morgan fingerprint density at radius 1 is 0.653 bits per heavy atom. The maximum atomic E-state index is 12.8. The molecule has 2 atom stereocenters. The van der Waals surface area contributed by atoms with Crippen LogP contribution >= 0.6 is 7.26 Å². The van der Waals surface area contributed by atoms with Crippen LogP contribution in [-0.4, -0.2) is 22.6 Å². The Bertz CT molecular complexity index is 1970. The molecule has 9 nitrogen and oxygen atoms in total. The molecule has 0 radical (unpaired) electrons. The molecule has 2 aromatic heterocycles. The molecule has 1 fully saturated rings. The number of benzene rings is 4. The number of fused-ring (bicyclic) bond motifs is 4. The van der Waals surface area contributed by atoms with Crippen molar-refractivity contribution < 1.29 is 33.3 Å². The molecular formula is C38H33ClN3O6P. The van der Waals surface area contributed by atoms with Gasteiger partial charge in [-0.1, -0.05) is 78.9 Å². The van der Waals surface area contributed by atoms with Crippen LogP contribution in [0.3, 0.4) is 0 Å². The monoisotopic (exact) mass is 693 g/mol. The zero-order valence-corrected chi connectivity index (χ0v) is 28.0. The second kappa shape index (κ2) is 13.7. The average Bonchev–Trinajstić information content (AvgIpc) is 3.56.